The van der Waals surface area contributed by atoms with E-state index in [2.05, 4.69) is 45.2 Å². The lowest BCUT2D eigenvalue weighted by molar-refractivity contribution is 0.998. The smallest absolute Gasteiger partial charge is 0.238 e. The molecule has 4 nitrogen and oxygen atoms in total. The maximum Gasteiger partial charge on any atom is 0.238 e. The zero-order chi connectivity index (χ0) is 9.84. The predicted octanol–water partition coefficient (Wildman–Crippen LogP) is 2.03. The van der Waals surface area contributed by atoms with Crippen molar-refractivity contribution in [3.63, 3.8) is 0 Å². The second kappa shape index (κ2) is 4.78. The number of nitrogens with one attached hydrogen (secondary N) is 1. The topological polar surface area (TPSA) is 63.8 Å². The van der Waals surface area contributed by atoms with Crippen LogP contribution >= 0.6 is 27.7 Å². The Hall–Kier alpha value is -0.330. The zero-order valence-corrected chi connectivity index (χ0v) is 9.82. The molecule has 0 spiro atoms. The molecule has 3 N–H and O–H groups in total. The lowest BCUT2D eigenvalue weighted by atomic mass is 10.6. The monoisotopic (exact) mass is 262 g/mol. The molecule has 1 aromatic heterocycles. The predicted molar refractivity (Wildman–Crippen MR) is 58.5 cm³/mol. The third kappa shape index (κ3) is 3.13. The maximum atomic E-state index is 5.20. The van der Waals surface area contributed by atoms with Gasteiger partial charge in [-0.05, 0) is 15.9 Å². The molecule has 0 saturated carbocycles. The van der Waals surface area contributed by atoms with Gasteiger partial charge in [0, 0.05) is 11.4 Å². The summed E-state index contributed by atoms with van der Waals surface area (Å²) in [4.78, 5) is 8.16. The molecule has 0 bridgehead atoms. The van der Waals surface area contributed by atoms with E-state index in [1.807, 2.05) is 0 Å². The van der Waals surface area contributed by atoms with E-state index >= 15 is 0 Å². The summed E-state index contributed by atoms with van der Waals surface area (Å²) in [5.74, 6) is 5.64. The Morgan fingerprint density at radius 3 is 2.85 bits per heavy atom. The largest absolute Gasteiger partial charge is 0.292 e. The summed E-state index contributed by atoms with van der Waals surface area (Å²) in [6, 6.07) is 0. The van der Waals surface area contributed by atoms with Crippen molar-refractivity contribution in [3.05, 3.63) is 10.7 Å². The first-order chi connectivity index (χ1) is 6.13. The van der Waals surface area contributed by atoms with E-state index in [0.717, 1.165) is 9.50 Å². The van der Waals surface area contributed by atoms with Crippen LogP contribution in [0.3, 0.4) is 0 Å². The van der Waals surface area contributed by atoms with Gasteiger partial charge in [-0.1, -0.05) is 13.8 Å². The highest BCUT2D eigenvalue weighted by atomic mass is 79.9. The molecule has 0 atom stereocenters. The summed E-state index contributed by atoms with van der Waals surface area (Å²) in [7, 11) is 0. The van der Waals surface area contributed by atoms with Crippen LogP contribution in [0.1, 0.15) is 13.8 Å². The van der Waals surface area contributed by atoms with Crippen LogP contribution in [-0.4, -0.2) is 15.2 Å². The fraction of sp³-hybridized carbons (Fsp3) is 0.429. The highest BCUT2D eigenvalue weighted by Crippen LogP contribution is 2.28. The minimum absolute atomic E-state index is 0.436. The Labute approximate surface area is 89.8 Å². The second-order valence-electron chi connectivity index (χ2n) is 2.66. The van der Waals surface area contributed by atoms with E-state index in [4.69, 9.17) is 5.84 Å². The van der Waals surface area contributed by atoms with Gasteiger partial charge in [0.05, 0.1) is 4.47 Å². The Morgan fingerprint density at radius 2 is 2.31 bits per heavy atom. The lowest BCUT2D eigenvalue weighted by Crippen LogP contribution is -2.10. The number of halogens is 1. The van der Waals surface area contributed by atoms with E-state index in [-0.39, 0.29) is 0 Å². The average Bonchev–Trinajstić information content (AvgIpc) is 2.08. The van der Waals surface area contributed by atoms with Crippen molar-refractivity contribution in [1.82, 2.24) is 9.97 Å². The van der Waals surface area contributed by atoms with Gasteiger partial charge in [0.1, 0.15) is 5.03 Å². The van der Waals surface area contributed by atoms with Crippen LogP contribution < -0.4 is 11.3 Å². The van der Waals surface area contributed by atoms with Crippen LogP contribution in [0.4, 0.5) is 5.95 Å². The van der Waals surface area contributed by atoms with Gasteiger partial charge in [-0.2, -0.15) is 0 Å². The summed E-state index contributed by atoms with van der Waals surface area (Å²) in [5, 5.41) is 1.38. The van der Waals surface area contributed by atoms with Gasteiger partial charge in [0.15, 0.2) is 0 Å². The summed E-state index contributed by atoms with van der Waals surface area (Å²) in [6.45, 7) is 4.21. The van der Waals surface area contributed by atoms with Crippen LogP contribution in [-0.2, 0) is 0 Å². The highest BCUT2D eigenvalue weighted by molar-refractivity contribution is 9.10. The summed E-state index contributed by atoms with van der Waals surface area (Å²) >= 11 is 5.03. The number of nitrogens with zero attached hydrogens (tertiary/aromatic N) is 2. The van der Waals surface area contributed by atoms with E-state index < -0.39 is 0 Å². The molecule has 0 radical (unpaired) electrons. The van der Waals surface area contributed by atoms with Crippen molar-refractivity contribution < 1.29 is 0 Å². The molecule has 1 heterocycles. The summed E-state index contributed by atoms with van der Waals surface area (Å²) in [6.07, 6.45) is 1.69. The fourth-order valence-corrected chi connectivity index (χ4v) is 1.95. The molecule has 0 aromatic carbocycles. The Morgan fingerprint density at radius 1 is 1.62 bits per heavy atom. The first-order valence-electron chi connectivity index (χ1n) is 3.79. The van der Waals surface area contributed by atoms with Crippen LogP contribution in [0, 0.1) is 0 Å². The summed E-state index contributed by atoms with van der Waals surface area (Å²) < 4.78 is 0.894. The highest BCUT2D eigenvalue weighted by Gasteiger charge is 2.06. The number of nitrogens with two attached hydrogens (primary N) is 1. The van der Waals surface area contributed by atoms with Crippen molar-refractivity contribution in [2.75, 3.05) is 5.43 Å². The van der Waals surface area contributed by atoms with Crippen LogP contribution in [0.2, 0.25) is 0 Å². The third-order valence-electron chi connectivity index (χ3n) is 1.19. The number of anilines is 1. The van der Waals surface area contributed by atoms with Crippen molar-refractivity contribution >= 4 is 33.6 Å². The van der Waals surface area contributed by atoms with E-state index in [1.165, 1.54) is 0 Å². The van der Waals surface area contributed by atoms with Gasteiger partial charge in [0.25, 0.3) is 0 Å². The number of rotatable bonds is 3. The number of nitrogen functional groups attached to an aromatic ring is 1. The van der Waals surface area contributed by atoms with Crippen molar-refractivity contribution in [3.8, 4) is 0 Å². The SMILES string of the molecule is CC(C)Sc1nc(NN)ncc1Br. The van der Waals surface area contributed by atoms with Crippen molar-refractivity contribution in [2.24, 2.45) is 5.84 Å². The van der Waals surface area contributed by atoms with E-state index in [0.29, 0.717) is 11.2 Å². The van der Waals surface area contributed by atoms with Crippen molar-refractivity contribution in [1.29, 1.82) is 0 Å². The molecule has 0 unspecified atom stereocenters. The molecule has 13 heavy (non-hydrogen) atoms. The molecule has 0 amide bonds. The minimum Gasteiger partial charge on any atom is -0.292 e. The number of hydrogen-bond acceptors (Lipinski definition) is 5. The van der Waals surface area contributed by atoms with Gasteiger partial charge in [-0.25, -0.2) is 15.8 Å². The van der Waals surface area contributed by atoms with E-state index in [1.54, 1.807) is 18.0 Å². The second-order valence-corrected chi connectivity index (χ2v) is 5.08. The number of thioether (sulfide) groups is 1. The first-order valence-corrected chi connectivity index (χ1v) is 5.46. The van der Waals surface area contributed by atoms with Gasteiger partial charge in [0.2, 0.25) is 5.95 Å². The van der Waals surface area contributed by atoms with Gasteiger partial charge < -0.3 is 0 Å². The molecular weight excluding hydrogens is 252 g/mol. The normalized spacial score (nSPS) is 10.5. The standard InChI is InChI=1S/C7H11BrN4S/c1-4(2)13-6-5(8)3-10-7(11-6)12-9/h3-4H,9H2,1-2H3,(H,10,11,12). The third-order valence-corrected chi connectivity index (χ3v) is 3.04. The Bertz CT molecular complexity index is 292. The summed E-state index contributed by atoms with van der Waals surface area (Å²) in [5.41, 5.74) is 2.41. The van der Waals surface area contributed by atoms with E-state index in [9.17, 15) is 0 Å². The lowest BCUT2D eigenvalue weighted by Gasteiger charge is -2.06. The molecule has 0 aliphatic heterocycles. The fourth-order valence-electron chi connectivity index (χ4n) is 0.727. The molecule has 0 aliphatic carbocycles. The van der Waals surface area contributed by atoms with Crippen LogP contribution in [0.5, 0.6) is 0 Å². The van der Waals surface area contributed by atoms with Crippen molar-refractivity contribution in [2.45, 2.75) is 24.1 Å². The minimum atomic E-state index is 0.436. The Balaban J connectivity index is 2.90. The van der Waals surface area contributed by atoms with Crippen LogP contribution in [0.15, 0.2) is 15.7 Å². The quantitative estimate of drug-likeness (QED) is 0.378. The zero-order valence-electron chi connectivity index (χ0n) is 7.41. The molecule has 0 aliphatic rings. The average molecular weight is 263 g/mol. The van der Waals surface area contributed by atoms with Gasteiger partial charge >= 0.3 is 0 Å². The molecule has 72 valence electrons. The first kappa shape index (κ1) is 10.7. The van der Waals surface area contributed by atoms with Gasteiger partial charge in [-0.3, -0.25) is 5.43 Å². The molecule has 6 heteroatoms. The molecule has 0 saturated heterocycles. The van der Waals surface area contributed by atoms with Gasteiger partial charge in [-0.15, -0.1) is 11.8 Å². The molecule has 1 rings (SSSR count). The molecule has 0 fully saturated rings. The number of hydrogen-bond donors (Lipinski definition) is 2. The molecular formula is C7H11BrN4S. The Kier molecular flexibility index (Phi) is 3.95. The molecule has 1 aromatic rings. The number of hydrazine groups is 1. The maximum absolute atomic E-state index is 5.20. The number of aromatic nitrogens is 2. The van der Waals surface area contributed by atoms with Crippen LogP contribution in [0.25, 0.3) is 0 Å².